The average molecular weight is 635 g/mol. The van der Waals surface area contributed by atoms with Crippen LogP contribution in [0.3, 0.4) is 0 Å². The van der Waals surface area contributed by atoms with Crippen molar-refractivity contribution in [1.82, 2.24) is 18.9 Å². The van der Waals surface area contributed by atoms with Crippen molar-refractivity contribution in [2.75, 3.05) is 0 Å². The predicted molar refractivity (Wildman–Crippen MR) is 209 cm³/mol. The standard InChI is InChI=1S/C46H26N4/c1-2-12-28-23-31(22-21-27(28)11-1)44-33-16-5-8-18-37(33)47-46(48-44)50-39-20-10-7-17-34(39)42-41(50)26-35-32-15-6-9-19-38(32)49-40-25-30-14-4-3-13-29(30)24-36(40)43(42)45(35)49/h1-26H. The zero-order valence-corrected chi connectivity index (χ0v) is 26.8. The summed E-state index contributed by atoms with van der Waals surface area (Å²) in [7, 11) is 0. The molecule has 4 aromatic heterocycles. The molecule has 0 unspecified atom stereocenters. The van der Waals surface area contributed by atoms with Crippen LogP contribution in [0.25, 0.3) is 110 Å². The van der Waals surface area contributed by atoms with Gasteiger partial charge in [-0.2, -0.15) is 0 Å². The maximum atomic E-state index is 5.45. The van der Waals surface area contributed by atoms with Crippen LogP contribution in [-0.4, -0.2) is 18.9 Å². The van der Waals surface area contributed by atoms with E-state index in [1.54, 1.807) is 0 Å². The molecule has 12 rings (SSSR count). The fourth-order valence-electron chi connectivity index (χ4n) is 8.63. The summed E-state index contributed by atoms with van der Waals surface area (Å²) in [5, 5.41) is 13.4. The number of fused-ring (bicyclic) bond motifs is 13. The molecule has 4 heteroatoms. The van der Waals surface area contributed by atoms with Crippen LogP contribution in [0.4, 0.5) is 0 Å². The fraction of sp³-hybridized carbons (Fsp3) is 0. The third kappa shape index (κ3) is 3.34. The van der Waals surface area contributed by atoms with E-state index in [1.165, 1.54) is 70.4 Å². The van der Waals surface area contributed by atoms with Crippen LogP contribution in [0.1, 0.15) is 0 Å². The van der Waals surface area contributed by atoms with Crippen LogP contribution < -0.4 is 0 Å². The lowest BCUT2D eigenvalue weighted by Crippen LogP contribution is -2.03. The minimum Gasteiger partial charge on any atom is -0.308 e. The fourth-order valence-corrected chi connectivity index (χ4v) is 8.63. The highest BCUT2D eigenvalue weighted by molar-refractivity contribution is 6.36. The van der Waals surface area contributed by atoms with E-state index in [4.69, 9.17) is 9.97 Å². The van der Waals surface area contributed by atoms with Gasteiger partial charge in [-0.3, -0.25) is 4.57 Å². The normalized spacial score (nSPS) is 12.4. The summed E-state index contributed by atoms with van der Waals surface area (Å²) >= 11 is 0. The number of benzene rings is 8. The van der Waals surface area contributed by atoms with Gasteiger partial charge >= 0.3 is 0 Å². The van der Waals surface area contributed by atoms with Crippen molar-refractivity contribution in [2.24, 2.45) is 0 Å². The maximum Gasteiger partial charge on any atom is 0.235 e. The topological polar surface area (TPSA) is 35.1 Å². The van der Waals surface area contributed by atoms with E-state index in [-0.39, 0.29) is 0 Å². The number of hydrogen-bond donors (Lipinski definition) is 0. The van der Waals surface area contributed by atoms with Gasteiger partial charge in [0.25, 0.3) is 0 Å². The molecule has 0 atom stereocenters. The van der Waals surface area contributed by atoms with Crippen LogP contribution in [0.15, 0.2) is 158 Å². The lowest BCUT2D eigenvalue weighted by Gasteiger charge is -2.12. The Hall–Kier alpha value is -6.78. The van der Waals surface area contributed by atoms with Crippen LogP contribution in [-0.2, 0) is 0 Å². The van der Waals surface area contributed by atoms with E-state index >= 15 is 0 Å². The number of rotatable bonds is 2. The summed E-state index contributed by atoms with van der Waals surface area (Å²) in [4.78, 5) is 10.7. The smallest absolute Gasteiger partial charge is 0.235 e. The molecule has 0 amide bonds. The highest BCUT2D eigenvalue weighted by Gasteiger charge is 2.25. The van der Waals surface area contributed by atoms with Gasteiger partial charge in [0.1, 0.15) is 0 Å². The predicted octanol–water partition coefficient (Wildman–Crippen LogP) is 11.9. The molecule has 0 aliphatic heterocycles. The summed E-state index contributed by atoms with van der Waals surface area (Å²) in [6.07, 6.45) is 0. The van der Waals surface area contributed by atoms with Crippen LogP contribution in [0.5, 0.6) is 0 Å². The molecule has 0 fully saturated rings. The van der Waals surface area contributed by atoms with Crippen molar-refractivity contribution in [1.29, 1.82) is 0 Å². The third-order valence-corrected chi connectivity index (χ3v) is 10.8. The van der Waals surface area contributed by atoms with Crippen molar-refractivity contribution >= 4 is 92.3 Å². The van der Waals surface area contributed by atoms with Gasteiger partial charge in [-0.05, 0) is 64.0 Å². The first kappa shape index (κ1) is 26.2. The second-order valence-electron chi connectivity index (χ2n) is 13.4. The van der Waals surface area contributed by atoms with Crippen LogP contribution in [0, 0.1) is 0 Å². The number of hydrogen-bond acceptors (Lipinski definition) is 2. The summed E-state index contributed by atoms with van der Waals surface area (Å²) in [5.74, 6) is 0.671. The van der Waals surface area contributed by atoms with Gasteiger partial charge in [-0.15, -0.1) is 0 Å². The Balaban J connectivity index is 1.27. The van der Waals surface area contributed by atoms with Gasteiger partial charge < -0.3 is 4.40 Å². The minimum atomic E-state index is 0.671. The van der Waals surface area contributed by atoms with Gasteiger partial charge in [0.15, 0.2) is 0 Å². The summed E-state index contributed by atoms with van der Waals surface area (Å²) in [6, 6.07) is 56.9. The molecular formula is C46H26N4. The van der Waals surface area contributed by atoms with Gasteiger partial charge in [0.05, 0.1) is 38.8 Å². The first-order chi connectivity index (χ1) is 24.8. The van der Waals surface area contributed by atoms with E-state index in [1.807, 2.05) is 0 Å². The monoisotopic (exact) mass is 634 g/mol. The van der Waals surface area contributed by atoms with Gasteiger partial charge in [-0.1, -0.05) is 115 Å². The molecule has 0 aliphatic rings. The molecule has 8 aromatic carbocycles. The molecule has 50 heavy (non-hydrogen) atoms. The summed E-state index contributed by atoms with van der Waals surface area (Å²) < 4.78 is 4.78. The largest absolute Gasteiger partial charge is 0.308 e. The summed E-state index contributed by atoms with van der Waals surface area (Å²) in [5.41, 5.74) is 8.86. The molecule has 0 N–H and O–H groups in total. The average Bonchev–Trinajstić information content (AvgIpc) is 3.80. The second-order valence-corrected chi connectivity index (χ2v) is 13.4. The molecule has 230 valence electrons. The molecule has 0 spiro atoms. The second kappa shape index (κ2) is 9.43. The first-order valence-electron chi connectivity index (χ1n) is 17.1. The maximum absolute atomic E-state index is 5.45. The van der Waals surface area contributed by atoms with E-state index < -0.39 is 0 Å². The summed E-state index contributed by atoms with van der Waals surface area (Å²) in [6.45, 7) is 0. The molecule has 4 heterocycles. The van der Waals surface area contributed by atoms with Crippen molar-refractivity contribution in [2.45, 2.75) is 0 Å². The third-order valence-electron chi connectivity index (χ3n) is 10.8. The Kier molecular flexibility index (Phi) is 4.94. The first-order valence-corrected chi connectivity index (χ1v) is 17.1. The van der Waals surface area contributed by atoms with Gasteiger partial charge in [0.2, 0.25) is 5.95 Å². The molecule has 0 bridgehead atoms. The Morgan fingerprint density at radius 2 is 1.04 bits per heavy atom. The van der Waals surface area contributed by atoms with E-state index in [9.17, 15) is 0 Å². The molecule has 0 saturated heterocycles. The molecule has 0 aliphatic carbocycles. The number of aromatic nitrogens is 4. The molecular weight excluding hydrogens is 609 g/mol. The van der Waals surface area contributed by atoms with E-state index in [0.717, 1.165) is 33.2 Å². The quantitative estimate of drug-likeness (QED) is 0.190. The van der Waals surface area contributed by atoms with Crippen molar-refractivity contribution in [3.8, 4) is 17.2 Å². The molecule has 4 nitrogen and oxygen atoms in total. The zero-order chi connectivity index (χ0) is 32.5. The van der Waals surface area contributed by atoms with Crippen molar-refractivity contribution < 1.29 is 0 Å². The zero-order valence-electron chi connectivity index (χ0n) is 26.8. The van der Waals surface area contributed by atoms with E-state index in [0.29, 0.717) is 5.95 Å². The van der Waals surface area contributed by atoms with Gasteiger partial charge in [0, 0.05) is 43.3 Å². The molecule has 12 aromatic rings. The number of para-hydroxylation sites is 3. The molecule has 0 radical (unpaired) electrons. The highest BCUT2D eigenvalue weighted by Crippen LogP contribution is 2.47. The van der Waals surface area contributed by atoms with Crippen LogP contribution in [0.2, 0.25) is 0 Å². The minimum absolute atomic E-state index is 0.671. The molecule has 0 saturated carbocycles. The van der Waals surface area contributed by atoms with Crippen molar-refractivity contribution in [3.63, 3.8) is 0 Å². The SMILES string of the molecule is c1ccc2cc(-c3nc(-n4c5ccccc5c5c6c7cc8ccccc8cc7n7c8ccccc8c(cc54)c67)nc4ccccc34)ccc2c1. The Morgan fingerprint density at radius 3 is 1.88 bits per heavy atom. The van der Waals surface area contributed by atoms with Gasteiger partial charge in [-0.25, -0.2) is 9.97 Å². The number of nitrogens with zero attached hydrogens (tertiary/aromatic N) is 4. The lowest BCUT2D eigenvalue weighted by molar-refractivity contribution is 1.01. The highest BCUT2D eigenvalue weighted by atomic mass is 15.2. The Bertz CT molecular complexity index is 3380. The van der Waals surface area contributed by atoms with E-state index in [2.05, 4.69) is 167 Å². The Labute approximate surface area is 285 Å². The van der Waals surface area contributed by atoms with Crippen LogP contribution >= 0.6 is 0 Å². The Morgan fingerprint density at radius 1 is 0.380 bits per heavy atom. The lowest BCUT2D eigenvalue weighted by atomic mass is 10.0. The van der Waals surface area contributed by atoms with Crippen molar-refractivity contribution in [3.05, 3.63) is 158 Å².